The number of nitrogens with one attached hydrogen (secondary N) is 1. The zero-order chi connectivity index (χ0) is 20.6. The second kappa shape index (κ2) is 6.74. The predicted molar refractivity (Wildman–Crippen MR) is 97.8 cm³/mol. The highest BCUT2D eigenvalue weighted by molar-refractivity contribution is 7.92. The van der Waals surface area contributed by atoms with Crippen LogP contribution in [0.2, 0.25) is 0 Å². The van der Waals surface area contributed by atoms with Crippen LogP contribution in [0.4, 0.5) is 17.1 Å². The molecule has 0 saturated heterocycles. The molecule has 0 aliphatic heterocycles. The summed E-state index contributed by atoms with van der Waals surface area (Å²) in [4.78, 5) is 30.8. The van der Waals surface area contributed by atoms with Gasteiger partial charge in [0.15, 0.2) is 4.90 Å². The molecule has 0 saturated carbocycles. The molecule has 0 unspecified atom stereocenters. The Morgan fingerprint density at radius 1 is 1.00 bits per heavy atom. The lowest BCUT2D eigenvalue weighted by Gasteiger charge is -2.09. The van der Waals surface area contributed by atoms with Gasteiger partial charge >= 0.3 is 5.63 Å². The number of non-ortho nitro benzene ring substituents is 1. The van der Waals surface area contributed by atoms with E-state index < -0.39 is 41.8 Å². The molecular formula is C16H11N3O8S. The Kier molecular flexibility index (Phi) is 4.56. The molecule has 0 radical (unpaired) electrons. The summed E-state index contributed by atoms with van der Waals surface area (Å²) in [6, 6.07) is 7.66. The summed E-state index contributed by atoms with van der Waals surface area (Å²) in [5.74, 6) is 0. The van der Waals surface area contributed by atoms with Crippen molar-refractivity contribution in [3.05, 3.63) is 78.7 Å². The number of hydrogen-bond acceptors (Lipinski definition) is 8. The summed E-state index contributed by atoms with van der Waals surface area (Å²) in [5.41, 5.74) is -1.42. The number of benzene rings is 2. The third-order valence-corrected chi connectivity index (χ3v) is 5.27. The number of fused-ring (bicyclic) bond motifs is 1. The van der Waals surface area contributed by atoms with Crippen LogP contribution in [-0.4, -0.2) is 18.3 Å². The Balaban J connectivity index is 2.07. The van der Waals surface area contributed by atoms with E-state index in [1.54, 1.807) is 6.92 Å². The number of nitro benzene ring substituents is 2. The van der Waals surface area contributed by atoms with Gasteiger partial charge in [-0.2, -0.15) is 0 Å². The highest BCUT2D eigenvalue weighted by atomic mass is 32.2. The monoisotopic (exact) mass is 405 g/mol. The molecule has 0 spiro atoms. The molecule has 1 aromatic heterocycles. The Morgan fingerprint density at radius 2 is 1.71 bits per heavy atom. The first-order chi connectivity index (χ1) is 13.1. The van der Waals surface area contributed by atoms with E-state index in [1.165, 1.54) is 24.3 Å². The highest BCUT2D eigenvalue weighted by Crippen LogP contribution is 2.30. The molecule has 3 rings (SSSR count). The van der Waals surface area contributed by atoms with E-state index in [0.717, 1.165) is 12.1 Å². The molecule has 0 bridgehead atoms. The predicted octanol–water partition coefficient (Wildman–Crippen LogP) is 2.72. The maximum absolute atomic E-state index is 12.6. The molecule has 3 aromatic rings. The summed E-state index contributed by atoms with van der Waals surface area (Å²) >= 11 is 0. The molecule has 1 N–H and O–H groups in total. The lowest BCUT2D eigenvalue weighted by atomic mass is 10.1. The van der Waals surface area contributed by atoms with Crippen molar-refractivity contribution in [1.82, 2.24) is 0 Å². The van der Waals surface area contributed by atoms with E-state index in [0.29, 0.717) is 17.0 Å². The highest BCUT2D eigenvalue weighted by Gasteiger charge is 2.28. The fourth-order valence-corrected chi connectivity index (χ4v) is 3.79. The van der Waals surface area contributed by atoms with Gasteiger partial charge in [0.25, 0.3) is 21.4 Å². The van der Waals surface area contributed by atoms with Gasteiger partial charge in [-0.05, 0) is 30.7 Å². The van der Waals surface area contributed by atoms with Crippen LogP contribution < -0.4 is 10.3 Å². The molecule has 0 fully saturated rings. The SMILES string of the molecule is Cc1cc(=O)oc2cc(NS(=O)(=O)c3ccc([N+](=O)[O-])cc3[N+](=O)[O-])ccc12. The fraction of sp³-hybridized carbons (Fsp3) is 0.0625. The minimum atomic E-state index is -4.45. The van der Waals surface area contributed by atoms with Crippen molar-refractivity contribution < 1.29 is 22.7 Å². The normalized spacial score (nSPS) is 11.3. The molecular weight excluding hydrogens is 394 g/mol. The van der Waals surface area contributed by atoms with Crippen molar-refractivity contribution in [3.8, 4) is 0 Å². The lowest BCUT2D eigenvalue weighted by Crippen LogP contribution is -2.15. The Bertz CT molecular complexity index is 1300. The quantitative estimate of drug-likeness (QED) is 0.385. The summed E-state index contributed by atoms with van der Waals surface area (Å²) < 4.78 is 32.4. The molecule has 144 valence electrons. The average Bonchev–Trinajstić information content (AvgIpc) is 2.60. The summed E-state index contributed by atoms with van der Waals surface area (Å²) in [6.07, 6.45) is 0. The van der Waals surface area contributed by atoms with Crippen molar-refractivity contribution in [3.63, 3.8) is 0 Å². The van der Waals surface area contributed by atoms with E-state index >= 15 is 0 Å². The van der Waals surface area contributed by atoms with Gasteiger partial charge in [0.2, 0.25) is 0 Å². The van der Waals surface area contributed by atoms with E-state index in [2.05, 4.69) is 4.72 Å². The van der Waals surface area contributed by atoms with Crippen LogP contribution in [0.25, 0.3) is 11.0 Å². The van der Waals surface area contributed by atoms with Crippen LogP contribution >= 0.6 is 0 Å². The number of anilines is 1. The minimum absolute atomic E-state index is 0.00565. The number of aryl methyl sites for hydroxylation is 1. The van der Waals surface area contributed by atoms with E-state index in [-0.39, 0.29) is 11.3 Å². The maximum atomic E-state index is 12.6. The van der Waals surface area contributed by atoms with Crippen molar-refractivity contribution >= 4 is 38.1 Å². The first-order valence-electron chi connectivity index (χ1n) is 7.58. The van der Waals surface area contributed by atoms with Crippen LogP contribution in [0.1, 0.15) is 5.56 Å². The van der Waals surface area contributed by atoms with Gasteiger partial charge < -0.3 is 4.42 Å². The third-order valence-electron chi connectivity index (χ3n) is 3.84. The zero-order valence-corrected chi connectivity index (χ0v) is 14.9. The second-order valence-corrected chi connectivity index (χ2v) is 7.38. The maximum Gasteiger partial charge on any atom is 0.336 e. The van der Waals surface area contributed by atoms with Crippen LogP contribution in [-0.2, 0) is 10.0 Å². The van der Waals surface area contributed by atoms with Gasteiger partial charge in [0.05, 0.1) is 21.6 Å². The van der Waals surface area contributed by atoms with Crippen molar-refractivity contribution in [1.29, 1.82) is 0 Å². The molecule has 12 heteroatoms. The summed E-state index contributed by atoms with van der Waals surface area (Å²) in [5, 5.41) is 22.6. The molecule has 0 amide bonds. The smallest absolute Gasteiger partial charge is 0.336 e. The second-order valence-electron chi connectivity index (χ2n) is 5.73. The van der Waals surface area contributed by atoms with Gasteiger partial charge in [0, 0.05) is 23.6 Å². The first kappa shape index (κ1) is 19.0. The van der Waals surface area contributed by atoms with Gasteiger partial charge in [0.1, 0.15) is 5.58 Å². The van der Waals surface area contributed by atoms with Gasteiger partial charge in [-0.25, -0.2) is 13.2 Å². The van der Waals surface area contributed by atoms with Crippen molar-refractivity contribution in [2.24, 2.45) is 0 Å². The van der Waals surface area contributed by atoms with Crippen molar-refractivity contribution in [2.45, 2.75) is 11.8 Å². The Hall–Kier alpha value is -3.80. The Labute approximate surface area is 156 Å². The molecule has 0 aliphatic rings. The summed E-state index contributed by atoms with van der Waals surface area (Å²) in [6.45, 7) is 1.68. The molecule has 2 aromatic carbocycles. The third kappa shape index (κ3) is 3.53. The lowest BCUT2D eigenvalue weighted by molar-refractivity contribution is -0.396. The molecule has 11 nitrogen and oxygen atoms in total. The zero-order valence-electron chi connectivity index (χ0n) is 14.1. The van der Waals surface area contributed by atoms with E-state index in [9.17, 15) is 33.4 Å². The Morgan fingerprint density at radius 3 is 2.36 bits per heavy atom. The number of nitrogens with zero attached hydrogens (tertiary/aromatic N) is 2. The molecule has 1 heterocycles. The number of nitro groups is 2. The standard InChI is InChI=1S/C16H11N3O8S/c1-9-6-16(20)27-14-7-10(2-4-12(9)14)17-28(25,26)15-5-3-11(18(21)22)8-13(15)19(23)24/h2-8,17H,1H3. The van der Waals surface area contributed by atoms with E-state index in [4.69, 9.17) is 4.42 Å². The first-order valence-corrected chi connectivity index (χ1v) is 9.07. The van der Waals surface area contributed by atoms with Crippen LogP contribution in [0, 0.1) is 27.2 Å². The molecule has 28 heavy (non-hydrogen) atoms. The fourth-order valence-electron chi connectivity index (χ4n) is 2.59. The average molecular weight is 405 g/mol. The van der Waals surface area contributed by atoms with Gasteiger partial charge in [-0.3, -0.25) is 25.0 Å². The van der Waals surface area contributed by atoms with Gasteiger partial charge in [-0.1, -0.05) is 0 Å². The minimum Gasteiger partial charge on any atom is -0.423 e. The number of rotatable bonds is 5. The van der Waals surface area contributed by atoms with Crippen LogP contribution in [0.5, 0.6) is 0 Å². The largest absolute Gasteiger partial charge is 0.423 e. The number of sulfonamides is 1. The van der Waals surface area contributed by atoms with Gasteiger partial charge in [-0.15, -0.1) is 0 Å². The van der Waals surface area contributed by atoms with Crippen LogP contribution in [0.15, 0.2) is 56.6 Å². The number of hydrogen-bond donors (Lipinski definition) is 1. The molecule has 0 atom stereocenters. The van der Waals surface area contributed by atoms with Crippen LogP contribution in [0.3, 0.4) is 0 Å². The molecule has 0 aliphatic carbocycles. The topological polar surface area (TPSA) is 163 Å². The summed E-state index contributed by atoms with van der Waals surface area (Å²) in [7, 11) is -4.45. The van der Waals surface area contributed by atoms with E-state index in [1.807, 2.05) is 0 Å². The van der Waals surface area contributed by atoms with Crippen molar-refractivity contribution in [2.75, 3.05) is 4.72 Å².